The van der Waals surface area contributed by atoms with Crippen molar-refractivity contribution >= 4 is 23.2 Å². The largest absolute Gasteiger partial charge is 0.460 e. The number of ether oxygens (including phenoxy) is 1. The molecule has 88 valence electrons. The summed E-state index contributed by atoms with van der Waals surface area (Å²) in [6.45, 7) is 3.81. The zero-order valence-electron chi connectivity index (χ0n) is 9.65. The second kappa shape index (κ2) is 4.41. The van der Waals surface area contributed by atoms with Crippen molar-refractivity contribution in [3.8, 4) is 0 Å². The standard InChI is InChI=1S/C13H12O4/c1-3-16-13(15)12-8(2)10-6-9(7-14)4-5-11(10)17-12/h4-7H,3H2,1-2H3. The zero-order chi connectivity index (χ0) is 12.4. The van der Waals surface area contributed by atoms with E-state index in [0.29, 0.717) is 23.3 Å². The van der Waals surface area contributed by atoms with Crippen molar-refractivity contribution in [2.24, 2.45) is 0 Å². The predicted octanol–water partition coefficient (Wildman–Crippen LogP) is 2.73. The lowest BCUT2D eigenvalue weighted by Crippen LogP contribution is -2.04. The summed E-state index contributed by atoms with van der Waals surface area (Å²) in [7, 11) is 0. The Balaban J connectivity index is 2.56. The normalized spacial score (nSPS) is 10.5. The Morgan fingerprint density at radius 1 is 1.47 bits per heavy atom. The fraction of sp³-hybridized carbons (Fsp3) is 0.231. The number of furan rings is 1. The first-order valence-corrected chi connectivity index (χ1v) is 5.32. The second-order valence-electron chi connectivity index (χ2n) is 3.65. The number of aryl methyl sites for hydroxylation is 1. The number of carbonyl (C=O) groups is 2. The van der Waals surface area contributed by atoms with Crippen LogP contribution in [0.3, 0.4) is 0 Å². The molecule has 0 fully saturated rings. The molecule has 4 nitrogen and oxygen atoms in total. The molecule has 2 aromatic rings. The average Bonchev–Trinajstić information content (AvgIpc) is 2.67. The number of hydrogen-bond donors (Lipinski definition) is 0. The van der Waals surface area contributed by atoms with E-state index in [9.17, 15) is 9.59 Å². The number of rotatable bonds is 3. The minimum absolute atomic E-state index is 0.199. The summed E-state index contributed by atoms with van der Waals surface area (Å²) >= 11 is 0. The molecule has 4 heteroatoms. The summed E-state index contributed by atoms with van der Waals surface area (Å²) < 4.78 is 10.3. The molecule has 0 radical (unpaired) electrons. The first kappa shape index (κ1) is 11.4. The molecule has 0 aliphatic rings. The van der Waals surface area contributed by atoms with E-state index < -0.39 is 5.97 Å². The summed E-state index contributed by atoms with van der Waals surface area (Å²) in [5.41, 5.74) is 1.83. The van der Waals surface area contributed by atoms with Gasteiger partial charge in [-0.2, -0.15) is 0 Å². The van der Waals surface area contributed by atoms with Crippen LogP contribution in [-0.4, -0.2) is 18.9 Å². The fourth-order valence-electron chi connectivity index (χ4n) is 1.70. The monoisotopic (exact) mass is 232 g/mol. The summed E-state index contributed by atoms with van der Waals surface area (Å²) in [6, 6.07) is 5.02. The van der Waals surface area contributed by atoms with E-state index in [0.717, 1.165) is 11.7 Å². The third-order valence-corrected chi connectivity index (χ3v) is 2.56. The summed E-state index contributed by atoms with van der Waals surface area (Å²) in [4.78, 5) is 22.3. The minimum Gasteiger partial charge on any atom is -0.460 e. The van der Waals surface area contributed by atoms with Crippen LogP contribution >= 0.6 is 0 Å². The Hall–Kier alpha value is -2.10. The molecule has 0 unspecified atom stereocenters. The Kier molecular flexibility index (Phi) is 2.95. The zero-order valence-corrected chi connectivity index (χ0v) is 9.65. The lowest BCUT2D eigenvalue weighted by atomic mass is 10.1. The first-order chi connectivity index (χ1) is 8.17. The van der Waals surface area contributed by atoms with Crippen LogP contribution < -0.4 is 0 Å². The van der Waals surface area contributed by atoms with Gasteiger partial charge in [-0.3, -0.25) is 4.79 Å². The van der Waals surface area contributed by atoms with Gasteiger partial charge < -0.3 is 9.15 Å². The van der Waals surface area contributed by atoms with Crippen molar-refractivity contribution in [3.63, 3.8) is 0 Å². The van der Waals surface area contributed by atoms with E-state index in [1.54, 1.807) is 32.0 Å². The van der Waals surface area contributed by atoms with Crippen LogP contribution in [0, 0.1) is 6.92 Å². The highest BCUT2D eigenvalue weighted by atomic mass is 16.5. The van der Waals surface area contributed by atoms with Crippen molar-refractivity contribution in [1.29, 1.82) is 0 Å². The Labute approximate surface area is 98.2 Å². The van der Waals surface area contributed by atoms with Crippen LogP contribution in [0.4, 0.5) is 0 Å². The summed E-state index contributed by atoms with van der Waals surface area (Å²) in [6.07, 6.45) is 0.760. The highest BCUT2D eigenvalue weighted by Crippen LogP contribution is 2.26. The number of fused-ring (bicyclic) bond motifs is 1. The molecule has 0 saturated carbocycles. The molecule has 0 bridgehead atoms. The minimum atomic E-state index is -0.478. The topological polar surface area (TPSA) is 56.5 Å². The Morgan fingerprint density at radius 2 is 2.24 bits per heavy atom. The average molecular weight is 232 g/mol. The van der Waals surface area contributed by atoms with Gasteiger partial charge in [-0.15, -0.1) is 0 Å². The molecular weight excluding hydrogens is 220 g/mol. The van der Waals surface area contributed by atoms with Crippen molar-refractivity contribution in [1.82, 2.24) is 0 Å². The van der Waals surface area contributed by atoms with Gasteiger partial charge in [0.15, 0.2) is 0 Å². The van der Waals surface area contributed by atoms with Crippen molar-refractivity contribution in [2.75, 3.05) is 6.61 Å². The van der Waals surface area contributed by atoms with Gasteiger partial charge in [-0.05, 0) is 32.0 Å². The summed E-state index contributed by atoms with van der Waals surface area (Å²) in [5, 5.41) is 0.762. The summed E-state index contributed by atoms with van der Waals surface area (Å²) in [5.74, 6) is -0.279. The molecule has 17 heavy (non-hydrogen) atoms. The fourth-order valence-corrected chi connectivity index (χ4v) is 1.70. The molecule has 0 aliphatic heterocycles. The molecule has 0 saturated heterocycles. The smallest absolute Gasteiger partial charge is 0.374 e. The molecule has 0 spiro atoms. The van der Waals surface area contributed by atoms with E-state index >= 15 is 0 Å². The van der Waals surface area contributed by atoms with Gasteiger partial charge in [-0.1, -0.05) is 0 Å². The second-order valence-corrected chi connectivity index (χ2v) is 3.65. The number of benzene rings is 1. The van der Waals surface area contributed by atoms with Crippen LogP contribution in [0.1, 0.15) is 33.4 Å². The Bertz CT molecular complexity index is 580. The maximum Gasteiger partial charge on any atom is 0.374 e. The molecule has 0 aliphatic carbocycles. The van der Waals surface area contributed by atoms with Gasteiger partial charge in [0.25, 0.3) is 0 Å². The van der Waals surface area contributed by atoms with Gasteiger partial charge in [0.05, 0.1) is 6.61 Å². The van der Waals surface area contributed by atoms with Crippen LogP contribution in [0.5, 0.6) is 0 Å². The Morgan fingerprint density at radius 3 is 2.88 bits per heavy atom. The van der Waals surface area contributed by atoms with Gasteiger partial charge in [0.1, 0.15) is 11.9 Å². The quantitative estimate of drug-likeness (QED) is 0.603. The van der Waals surface area contributed by atoms with Crippen LogP contribution in [0.15, 0.2) is 22.6 Å². The van der Waals surface area contributed by atoms with E-state index in [1.165, 1.54) is 0 Å². The SMILES string of the molecule is CCOC(=O)c1oc2ccc(C=O)cc2c1C. The number of esters is 1. The molecule has 0 atom stereocenters. The van der Waals surface area contributed by atoms with E-state index in [1.807, 2.05) is 0 Å². The van der Waals surface area contributed by atoms with E-state index in [2.05, 4.69) is 0 Å². The van der Waals surface area contributed by atoms with Crippen molar-refractivity contribution < 1.29 is 18.7 Å². The van der Waals surface area contributed by atoms with Gasteiger partial charge >= 0.3 is 5.97 Å². The number of carbonyl (C=O) groups excluding carboxylic acids is 2. The molecule has 1 heterocycles. The molecular formula is C13H12O4. The first-order valence-electron chi connectivity index (χ1n) is 5.32. The highest BCUT2D eigenvalue weighted by molar-refractivity contribution is 5.97. The maximum atomic E-state index is 11.6. The van der Waals surface area contributed by atoms with Gasteiger partial charge in [-0.25, -0.2) is 4.79 Å². The van der Waals surface area contributed by atoms with E-state index in [4.69, 9.17) is 9.15 Å². The molecule has 1 aromatic heterocycles. The number of hydrogen-bond acceptors (Lipinski definition) is 4. The third-order valence-electron chi connectivity index (χ3n) is 2.56. The van der Waals surface area contributed by atoms with Crippen LogP contribution in [-0.2, 0) is 4.74 Å². The van der Waals surface area contributed by atoms with Gasteiger partial charge in [0.2, 0.25) is 5.76 Å². The highest BCUT2D eigenvalue weighted by Gasteiger charge is 2.18. The van der Waals surface area contributed by atoms with Crippen molar-refractivity contribution in [3.05, 3.63) is 35.1 Å². The van der Waals surface area contributed by atoms with Crippen molar-refractivity contribution in [2.45, 2.75) is 13.8 Å². The number of aldehydes is 1. The molecule has 1 aromatic carbocycles. The van der Waals surface area contributed by atoms with Crippen LogP contribution in [0.2, 0.25) is 0 Å². The van der Waals surface area contributed by atoms with Crippen LogP contribution in [0.25, 0.3) is 11.0 Å². The lowest BCUT2D eigenvalue weighted by molar-refractivity contribution is 0.0491. The third kappa shape index (κ3) is 1.93. The molecule has 0 N–H and O–H groups in total. The van der Waals surface area contributed by atoms with E-state index in [-0.39, 0.29) is 5.76 Å². The lowest BCUT2D eigenvalue weighted by Gasteiger charge is -1.97. The maximum absolute atomic E-state index is 11.6. The molecule has 0 amide bonds. The van der Waals surface area contributed by atoms with Gasteiger partial charge in [0, 0.05) is 16.5 Å². The molecule has 2 rings (SSSR count). The predicted molar refractivity (Wildman–Crippen MR) is 62.3 cm³/mol.